The van der Waals surface area contributed by atoms with E-state index < -0.39 is 5.54 Å². The zero-order valence-corrected chi connectivity index (χ0v) is 13.9. The van der Waals surface area contributed by atoms with Crippen LogP contribution in [0.5, 0.6) is 0 Å². The Morgan fingerprint density at radius 2 is 1.65 bits per heavy atom. The maximum absolute atomic E-state index is 12.0. The number of hydrogen-bond acceptors (Lipinski definition) is 3. The van der Waals surface area contributed by atoms with Crippen LogP contribution in [0.25, 0.3) is 0 Å². The molecule has 1 saturated carbocycles. The summed E-state index contributed by atoms with van der Waals surface area (Å²) >= 11 is 0. The van der Waals surface area contributed by atoms with Crippen LogP contribution >= 0.6 is 24.8 Å². The smallest absolute Gasteiger partial charge is 0.240 e. The van der Waals surface area contributed by atoms with Crippen LogP contribution in [0, 0.1) is 0 Å². The highest BCUT2D eigenvalue weighted by Crippen LogP contribution is 2.27. The second kappa shape index (κ2) is 9.82. The molecular weight excluding hydrogens is 297 g/mol. The summed E-state index contributed by atoms with van der Waals surface area (Å²) in [6.45, 7) is 4.34. The molecule has 0 aromatic heterocycles. The predicted octanol–water partition coefficient (Wildman–Crippen LogP) is 2.09. The molecule has 0 aromatic rings. The normalized spacial score (nSPS) is 21.6. The molecule has 0 bridgehead atoms. The summed E-state index contributed by atoms with van der Waals surface area (Å²) in [6, 6.07) is 0. The van der Waals surface area contributed by atoms with Crippen molar-refractivity contribution in [2.75, 3.05) is 26.2 Å². The van der Waals surface area contributed by atoms with E-state index in [-0.39, 0.29) is 30.7 Å². The fraction of sp³-hybridized carbons (Fsp3) is 0.929. The van der Waals surface area contributed by atoms with Crippen molar-refractivity contribution in [3.05, 3.63) is 0 Å². The number of rotatable bonds is 5. The Bertz CT molecular complexity index is 278. The van der Waals surface area contributed by atoms with Crippen molar-refractivity contribution in [2.24, 2.45) is 5.73 Å². The number of carbonyl (C=O) groups is 1. The minimum Gasteiger partial charge on any atom is -0.354 e. The zero-order valence-electron chi connectivity index (χ0n) is 12.2. The van der Waals surface area contributed by atoms with E-state index in [9.17, 15) is 4.79 Å². The molecule has 4 nitrogen and oxygen atoms in total. The molecule has 1 saturated heterocycles. The van der Waals surface area contributed by atoms with Crippen molar-refractivity contribution in [2.45, 2.75) is 56.9 Å². The van der Waals surface area contributed by atoms with Crippen LogP contribution in [0.15, 0.2) is 0 Å². The zero-order chi connectivity index (χ0) is 12.8. The summed E-state index contributed by atoms with van der Waals surface area (Å²) in [7, 11) is 0. The molecule has 2 rings (SSSR count). The Morgan fingerprint density at radius 1 is 1.05 bits per heavy atom. The molecule has 0 unspecified atom stereocenters. The van der Waals surface area contributed by atoms with E-state index in [1.807, 2.05) is 0 Å². The summed E-state index contributed by atoms with van der Waals surface area (Å²) in [4.78, 5) is 14.5. The van der Waals surface area contributed by atoms with Crippen LogP contribution in [0.4, 0.5) is 0 Å². The molecule has 2 aliphatic rings. The third-order valence-electron chi connectivity index (χ3n) is 4.33. The Kier molecular flexibility index (Phi) is 9.81. The van der Waals surface area contributed by atoms with E-state index in [0.29, 0.717) is 0 Å². The van der Waals surface area contributed by atoms with Crippen LogP contribution in [-0.4, -0.2) is 42.5 Å². The van der Waals surface area contributed by atoms with E-state index in [4.69, 9.17) is 5.73 Å². The monoisotopic (exact) mass is 325 g/mol. The molecule has 1 amide bonds. The van der Waals surface area contributed by atoms with Crippen molar-refractivity contribution in [3.63, 3.8) is 0 Å². The maximum Gasteiger partial charge on any atom is 0.240 e. The van der Waals surface area contributed by atoms with Gasteiger partial charge in [0, 0.05) is 6.54 Å². The Balaban J connectivity index is 0.00000180. The van der Waals surface area contributed by atoms with Gasteiger partial charge in [-0.3, -0.25) is 4.79 Å². The summed E-state index contributed by atoms with van der Waals surface area (Å²) in [5, 5.41) is 3.01. The SMILES string of the molecule is Cl.Cl.NC1(C(=O)NCCCN2CCCCC2)CCCC1. The Morgan fingerprint density at radius 3 is 2.25 bits per heavy atom. The standard InChI is InChI=1S/C14H27N3O.2ClH/c15-14(7-2-3-8-14)13(18)16-9-6-12-17-10-4-1-5-11-17;;/h1-12,15H2,(H,16,18);2*1H. The van der Waals surface area contributed by atoms with Crippen LogP contribution in [0.1, 0.15) is 51.4 Å². The molecule has 6 heteroatoms. The fourth-order valence-electron chi connectivity index (χ4n) is 3.10. The second-order valence-electron chi connectivity index (χ2n) is 5.88. The van der Waals surface area contributed by atoms with Gasteiger partial charge in [0.05, 0.1) is 5.54 Å². The molecule has 120 valence electrons. The van der Waals surface area contributed by atoms with Gasteiger partial charge in [0.25, 0.3) is 0 Å². The average Bonchev–Trinajstić information content (AvgIpc) is 2.84. The predicted molar refractivity (Wildman–Crippen MR) is 87.8 cm³/mol. The highest BCUT2D eigenvalue weighted by molar-refractivity contribution is 5.86. The highest BCUT2D eigenvalue weighted by atomic mass is 35.5. The van der Waals surface area contributed by atoms with Gasteiger partial charge in [-0.2, -0.15) is 0 Å². The maximum atomic E-state index is 12.0. The first-order chi connectivity index (χ1) is 8.71. The molecule has 0 radical (unpaired) electrons. The number of likely N-dealkylation sites (tertiary alicyclic amines) is 1. The van der Waals surface area contributed by atoms with Crippen LogP contribution in [-0.2, 0) is 4.79 Å². The first kappa shape index (κ1) is 20.0. The lowest BCUT2D eigenvalue weighted by Gasteiger charge is -2.27. The Labute approximate surface area is 135 Å². The number of hydrogen-bond donors (Lipinski definition) is 2. The average molecular weight is 326 g/mol. The number of nitrogens with zero attached hydrogens (tertiary/aromatic N) is 1. The van der Waals surface area contributed by atoms with Crippen molar-refractivity contribution < 1.29 is 4.79 Å². The van der Waals surface area contributed by atoms with Gasteiger partial charge in [0.15, 0.2) is 0 Å². The number of amides is 1. The summed E-state index contributed by atoms with van der Waals surface area (Å²) in [5.74, 6) is 0.0682. The van der Waals surface area contributed by atoms with Gasteiger partial charge >= 0.3 is 0 Å². The third kappa shape index (κ3) is 5.76. The minimum absolute atomic E-state index is 0. The molecule has 0 aromatic carbocycles. The minimum atomic E-state index is -0.564. The molecule has 0 atom stereocenters. The van der Waals surface area contributed by atoms with E-state index in [1.165, 1.54) is 32.4 Å². The number of nitrogens with two attached hydrogens (primary N) is 1. The molecule has 1 heterocycles. The Hall–Kier alpha value is -0.0300. The number of carbonyl (C=O) groups excluding carboxylic acids is 1. The molecule has 20 heavy (non-hydrogen) atoms. The topological polar surface area (TPSA) is 58.4 Å². The van der Waals surface area contributed by atoms with E-state index >= 15 is 0 Å². The van der Waals surface area contributed by atoms with Gasteiger partial charge in [-0.05, 0) is 51.7 Å². The van der Waals surface area contributed by atoms with Crippen molar-refractivity contribution in [3.8, 4) is 0 Å². The lowest BCUT2D eigenvalue weighted by atomic mass is 9.98. The van der Waals surface area contributed by atoms with Gasteiger partial charge < -0.3 is 16.0 Å². The van der Waals surface area contributed by atoms with Crippen LogP contribution < -0.4 is 11.1 Å². The van der Waals surface area contributed by atoms with Gasteiger partial charge in [0.1, 0.15) is 0 Å². The lowest BCUT2D eigenvalue weighted by Crippen LogP contribution is -2.52. The molecule has 3 N–H and O–H groups in total. The molecular formula is C14H29Cl2N3O. The first-order valence-electron chi connectivity index (χ1n) is 7.50. The number of piperidine rings is 1. The molecule has 2 fully saturated rings. The van der Waals surface area contributed by atoms with Crippen molar-refractivity contribution in [1.29, 1.82) is 0 Å². The van der Waals surface area contributed by atoms with Gasteiger partial charge in [-0.25, -0.2) is 0 Å². The van der Waals surface area contributed by atoms with Gasteiger partial charge in [-0.1, -0.05) is 19.3 Å². The van der Waals surface area contributed by atoms with E-state index in [0.717, 1.165) is 45.2 Å². The second-order valence-corrected chi connectivity index (χ2v) is 5.88. The summed E-state index contributed by atoms with van der Waals surface area (Å²) in [6.07, 6.45) is 8.98. The lowest BCUT2D eigenvalue weighted by molar-refractivity contribution is -0.126. The van der Waals surface area contributed by atoms with Gasteiger partial charge in [0.2, 0.25) is 5.91 Å². The van der Waals surface area contributed by atoms with E-state index in [2.05, 4.69) is 10.2 Å². The largest absolute Gasteiger partial charge is 0.354 e. The molecule has 0 spiro atoms. The summed E-state index contributed by atoms with van der Waals surface area (Å²) < 4.78 is 0. The van der Waals surface area contributed by atoms with Crippen molar-refractivity contribution >= 4 is 30.7 Å². The third-order valence-corrected chi connectivity index (χ3v) is 4.33. The fourth-order valence-corrected chi connectivity index (χ4v) is 3.10. The van der Waals surface area contributed by atoms with Crippen molar-refractivity contribution in [1.82, 2.24) is 10.2 Å². The first-order valence-corrected chi connectivity index (χ1v) is 7.50. The van der Waals surface area contributed by atoms with Crippen LogP contribution in [0.2, 0.25) is 0 Å². The number of halogens is 2. The molecule has 1 aliphatic heterocycles. The highest BCUT2D eigenvalue weighted by Gasteiger charge is 2.36. The number of nitrogens with one attached hydrogen (secondary N) is 1. The quantitative estimate of drug-likeness (QED) is 0.761. The van der Waals surface area contributed by atoms with Gasteiger partial charge in [-0.15, -0.1) is 24.8 Å². The summed E-state index contributed by atoms with van der Waals surface area (Å²) in [5.41, 5.74) is 5.54. The van der Waals surface area contributed by atoms with E-state index in [1.54, 1.807) is 0 Å². The molecule has 1 aliphatic carbocycles. The van der Waals surface area contributed by atoms with Crippen LogP contribution in [0.3, 0.4) is 0 Å².